The van der Waals surface area contributed by atoms with Crippen molar-refractivity contribution in [1.29, 1.82) is 0 Å². The fraction of sp³-hybridized carbons (Fsp3) is 0.179. The van der Waals surface area contributed by atoms with E-state index in [1.165, 1.54) is 7.11 Å². The smallest absolute Gasteiger partial charge is 0.338 e. The molecule has 0 radical (unpaired) electrons. The second kappa shape index (κ2) is 10.2. The molecule has 1 fully saturated rings. The normalized spacial score (nSPS) is 17.1. The van der Waals surface area contributed by atoms with Crippen LogP contribution in [0.15, 0.2) is 89.5 Å². The SMILES string of the molecule is COC(=O)c1ccccc1-c1ccc(C2C(c3ccccn3)NC(=S)N2Cc2ccc(OC)cc2)o1. The van der Waals surface area contributed by atoms with Crippen LogP contribution in [-0.4, -0.2) is 35.2 Å². The summed E-state index contributed by atoms with van der Waals surface area (Å²) in [6, 6.07) is 24.3. The number of rotatable bonds is 7. The van der Waals surface area contributed by atoms with Gasteiger partial charge >= 0.3 is 5.97 Å². The van der Waals surface area contributed by atoms with E-state index in [-0.39, 0.29) is 12.1 Å². The first-order valence-corrected chi connectivity index (χ1v) is 11.9. The van der Waals surface area contributed by atoms with Crippen LogP contribution in [0.4, 0.5) is 0 Å². The third-order valence-electron chi connectivity index (χ3n) is 6.23. The largest absolute Gasteiger partial charge is 0.497 e. The summed E-state index contributed by atoms with van der Waals surface area (Å²) in [6.45, 7) is 0.568. The number of methoxy groups -OCH3 is 2. The number of benzene rings is 2. The first-order valence-electron chi connectivity index (χ1n) is 11.5. The van der Waals surface area contributed by atoms with E-state index < -0.39 is 5.97 Å². The molecule has 0 bridgehead atoms. The number of esters is 1. The van der Waals surface area contributed by atoms with Gasteiger partial charge in [-0.05, 0) is 60.2 Å². The molecule has 2 aromatic heterocycles. The first kappa shape index (κ1) is 23.6. The van der Waals surface area contributed by atoms with E-state index in [9.17, 15) is 4.79 Å². The Bertz CT molecular complexity index is 1370. The number of furan rings is 1. The van der Waals surface area contributed by atoms with Gasteiger partial charge in [-0.3, -0.25) is 4.98 Å². The molecule has 2 unspecified atom stereocenters. The zero-order chi connectivity index (χ0) is 25.1. The van der Waals surface area contributed by atoms with Crippen molar-refractivity contribution in [2.24, 2.45) is 0 Å². The van der Waals surface area contributed by atoms with Crippen molar-refractivity contribution >= 4 is 23.3 Å². The van der Waals surface area contributed by atoms with Gasteiger partial charge in [0.2, 0.25) is 0 Å². The van der Waals surface area contributed by atoms with Crippen molar-refractivity contribution in [2.45, 2.75) is 18.6 Å². The highest BCUT2D eigenvalue weighted by molar-refractivity contribution is 7.80. The highest BCUT2D eigenvalue weighted by Gasteiger charge is 2.41. The number of pyridine rings is 1. The molecule has 8 heteroatoms. The van der Waals surface area contributed by atoms with Crippen LogP contribution in [0.25, 0.3) is 11.3 Å². The van der Waals surface area contributed by atoms with Gasteiger partial charge in [0.05, 0.1) is 31.5 Å². The average Bonchev–Trinajstić information content (AvgIpc) is 3.54. The van der Waals surface area contributed by atoms with Gasteiger partial charge in [-0.25, -0.2) is 4.79 Å². The van der Waals surface area contributed by atoms with E-state index in [0.29, 0.717) is 34.3 Å². The molecule has 1 aliphatic heterocycles. The van der Waals surface area contributed by atoms with Crippen LogP contribution in [0.1, 0.15) is 39.5 Å². The molecule has 2 aromatic carbocycles. The second-order valence-electron chi connectivity index (χ2n) is 8.34. The van der Waals surface area contributed by atoms with E-state index in [2.05, 4.69) is 15.2 Å². The van der Waals surface area contributed by atoms with Crippen molar-refractivity contribution in [2.75, 3.05) is 14.2 Å². The predicted octanol–water partition coefficient (Wildman–Crippen LogP) is 5.31. The van der Waals surface area contributed by atoms with Gasteiger partial charge in [0, 0.05) is 18.3 Å². The van der Waals surface area contributed by atoms with Crippen LogP contribution < -0.4 is 10.1 Å². The van der Waals surface area contributed by atoms with Gasteiger partial charge < -0.3 is 24.1 Å². The number of nitrogens with one attached hydrogen (secondary N) is 1. The molecule has 36 heavy (non-hydrogen) atoms. The van der Waals surface area contributed by atoms with E-state index in [1.807, 2.05) is 66.7 Å². The molecule has 0 saturated carbocycles. The summed E-state index contributed by atoms with van der Waals surface area (Å²) in [7, 11) is 3.02. The summed E-state index contributed by atoms with van der Waals surface area (Å²) in [5, 5.41) is 4.05. The molecular weight excluding hydrogens is 474 g/mol. The summed E-state index contributed by atoms with van der Waals surface area (Å²) in [5.41, 5.74) is 3.04. The number of carbonyl (C=O) groups excluding carboxylic acids is 1. The van der Waals surface area contributed by atoms with E-state index in [0.717, 1.165) is 17.0 Å². The fourth-order valence-electron chi connectivity index (χ4n) is 4.45. The zero-order valence-corrected chi connectivity index (χ0v) is 20.7. The van der Waals surface area contributed by atoms with Crippen LogP contribution in [-0.2, 0) is 11.3 Å². The van der Waals surface area contributed by atoms with Crippen molar-refractivity contribution in [3.05, 3.63) is 108 Å². The summed E-state index contributed by atoms with van der Waals surface area (Å²) in [5.74, 6) is 1.66. The Morgan fingerprint density at radius 1 is 1.03 bits per heavy atom. The summed E-state index contributed by atoms with van der Waals surface area (Å²) >= 11 is 5.77. The van der Waals surface area contributed by atoms with Gasteiger partial charge in [-0.15, -0.1) is 0 Å². The van der Waals surface area contributed by atoms with Gasteiger partial charge in [0.1, 0.15) is 23.3 Å². The van der Waals surface area contributed by atoms with Crippen LogP contribution in [0.3, 0.4) is 0 Å². The Balaban J connectivity index is 1.53. The highest BCUT2D eigenvalue weighted by Crippen LogP contribution is 2.41. The zero-order valence-electron chi connectivity index (χ0n) is 19.9. The van der Waals surface area contributed by atoms with Gasteiger partial charge in [0.15, 0.2) is 5.11 Å². The molecule has 1 N–H and O–H groups in total. The van der Waals surface area contributed by atoms with Crippen LogP contribution in [0.5, 0.6) is 5.75 Å². The number of aromatic nitrogens is 1. The third kappa shape index (κ3) is 4.55. The predicted molar refractivity (Wildman–Crippen MR) is 139 cm³/mol. The number of ether oxygens (including phenoxy) is 2. The fourth-order valence-corrected chi connectivity index (χ4v) is 4.76. The number of hydrogen-bond acceptors (Lipinski definition) is 6. The maximum absolute atomic E-state index is 12.3. The Morgan fingerprint density at radius 2 is 1.81 bits per heavy atom. The Hall–Kier alpha value is -4.17. The quantitative estimate of drug-likeness (QED) is 0.271. The molecule has 0 amide bonds. The second-order valence-corrected chi connectivity index (χ2v) is 8.73. The lowest BCUT2D eigenvalue weighted by atomic mass is 10.0. The van der Waals surface area contributed by atoms with Crippen molar-refractivity contribution < 1.29 is 18.7 Å². The van der Waals surface area contributed by atoms with Crippen molar-refractivity contribution in [3.63, 3.8) is 0 Å². The molecule has 0 aliphatic carbocycles. The molecule has 1 saturated heterocycles. The molecule has 1 aliphatic rings. The van der Waals surface area contributed by atoms with Gasteiger partial charge in [0.25, 0.3) is 0 Å². The first-order chi connectivity index (χ1) is 17.6. The monoisotopic (exact) mass is 499 g/mol. The van der Waals surface area contributed by atoms with Crippen molar-refractivity contribution in [1.82, 2.24) is 15.2 Å². The minimum atomic E-state index is -0.417. The van der Waals surface area contributed by atoms with Gasteiger partial charge in [-0.1, -0.05) is 36.4 Å². The molecule has 0 spiro atoms. The number of hydrogen-bond donors (Lipinski definition) is 1. The minimum absolute atomic E-state index is 0.216. The average molecular weight is 500 g/mol. The maximum atomic E-state index is 12.3. The molecule has 2 atom stereocenters. The lowest BCUT2D eigenvalue weighted by Crippen LogP contribution is -2.29. The Kier molecular flexibility index (Phi) is 6.69. The number of carbonyl (C=O) groups is 1. The lowest BCUT2D eigenvalue weighted by molar-refractivity contribution is 0.0601. The topological polar surface area (TPSA) is 76.8 Å². The minimum Gasteiger partial charge on any atom is -0.497 e. The van der Waals surface area contributed by atoms with E-state index in [1.54, 1.807) is 25.4 Å². The molecule has 5 rings (SSSR count). The molecule has 7 nitrogen and oxygen atoms in total. The molecular formula is C28H25N3O4S. The highest BCUT2D eigenvalue weighted by atomic mass is 32.1. The van der Waals surface area contributed by atoms with Crippen molar-refractivity contribution in [3.8, 4) is 17.1 Å². The number of thiocarbonyl (C=S) groups is 1. The summed E-state index contributed by atoms with van der Waals surface area (Å²) < 4.78 is 16.7. The van der Waals surface area contributed by atoms with Crippen LogP contribution in [0.2, 0.25) is 0 Å². The van der Waals surface area contributed by atoms with E-state index in [4.69, 9.17) is 26.1 Å². The summed E-state index contributed by atoms with van der Waals surface area (Å²) in [4.78, 5) is 19.0. The lowest BCUT2D eigenvalue weighted by Gasteiger charge is -2.26. The van der Waals surface area contributed by atoms with Crippen LogP contribution in [0, 0.1) is 0 Å². The molecule has 3 heterocycles. The molecule has 4 aromatic rings. The standard InChI is InChI=1S/C28H25N3O4S/c1-33-19-12-10-18(11-13-19)17-31-26(25(30-28(31)36)22-9-5-6-16-29-22)24-15-14-23(35-24)20-7-3-4-8-21(20)27(32)34-2/h3-16,25-26H,17H2,1-2H3,(H,30,36). The van der Waals surface area contributed by atoms with Gasteiger partial charge in [-0.2, -0.15) is 0 Å². The number of nitrogens with zero attached hydrogens (tertiary/aromatic N) is 2. The third-order valence-corrected chi connectivity index (χ3v) is 6.58. The Morgan fingerprint density at radius 3 is 2.53 bits per heavy atom. The Labute approximate surface area is 214 Å². The molecule has 182 valence electrons. The van der Waals surface area contributed by atoms with Crippen LogP contribution >= 0.6 is 12.2 Å². The maximum Gasteiger partial charge on any atom is 0.338 e. The summed E-state index contributed by atoms with van der Waals surface area (Å²) in [6.07, 6.45) is 1.77. The van der Waals surface area contributed by atoms with E-state index >= 15 is 0 Å².